The molecule has 0 aliphatic rings. The van der Waals surface area contributed by atoms with Gasteiger partial charge >= 0.3 is 0 Å². The molecule has 0 spiro atoms. The van der Waals surface area contributed by atoms with Crippen molar-refractivity contribution in [3.05, 3.63) is 29.3 Å². The summed E-state index contributed by atoms with van der Waals surface area (Å²) in [4.78, 5) is 0. The van der Waals surface area contributed by atoms with E-state index in [-0.39, 0.29) is 6.61 Å². The Hall–Kier alpha value is -1.06. The Kier molecular flexibility index (Phi) is 3.28. The third kappa shape index (κ3) is 1.99. The average molecular weight is 180 g/mol. The molecule has 72 valence electrons. The van der Waals surface area contributed by atoms with Crippen molar-refractivity contribution in [1.82, 2.24) is 0 Å². The molecule has 0 aromatic heterocycles. The van der Waals surface area contributed by atoms with Crippen LogP contribution in [-0.4, -0.2) is 12.2 Å². The van der Waals surface area contributed by atoms with Gasteiger partial charge in [0, 0.05) is 12.6 Å². The van der Waals surface area contributed by atoms with Gasteiger partial charge < -0.3 is 10.1 Å². The predicted octanol–water partition coefficient (Wildman–Crippen LogP) is 1.05. The second kappa shape index (κ2) is 4.25. The van der Waals surface area contributed by atoms with Crippen molar-refractivity contribution in [2.75, 3.05) is 12.1 Å². The summed E-state index contributed by atoms with van der Waals surface area (Å²) < 4.78 is 0. The highest BCUT2D eigenvalue weighted by molar-refractivity contribution is 5.55. The molecule has 13 heavy (non-hydrogen) atoms. The lowest BCUT2D eigenvalue weighted by Gasteiger charge is -2.18. The maximum absolute atomic E-state index is 9.20. The molecule has 0 saturated heterocycles. The first kappa shape index (κ1) is 10.0. The van der Waals surface area contributed by atoms with Crippen molar-refractivity contribution < 1.29 is 5.11 Å². The van der Waals surface area contributed by atoms with Crippen LogP contribution in [0.15, 0.2) is 18.2 Å². The van der Waals surface area contributed by atoms with E-state index in [1.54, 1.807) is 7.05 Å². The van der Waals surface area contributed by atoms with Crippen LogP contribution in [0.3, 0.4) is 0 Å². The SMILES string of the molecule is CCc1cccc(N(C)N)c1CO. The van der Waals surface area contributed by atoms with Crippen molar-refractivity contribution in [2.24, 2.45) is 5.84 Å². The first-order chi connectivity index (χ1) is 6.20. The minimum atomic E-state index is 0.0425. The van der Waals surface area contributed by atoms with Crippen LogP contribution in [0.4, 0.5) is 5.69 Å². The van der Waals surface area contributed by atoms with E-state index in [9.17, 15) is 5.11 Å². The highest BCUT2D eigenvalue weighted by Gasteiger charge is 2.07. The van der Waals surface area contributed by atoms with Crippen molar-refractivity contribution in [2.45, 2.75) is 20.0 Å². The van der Waals surface area contributed by atoms with Gasteiger partial charge in [-0.3, -0.25) is 0 Å². The Labute approximate surface area is 78.8 Å². The number of aliphatic hydroxyl groups excluding tert-OH is 1. The molecule has 1 rings (SSSR count). The number of benzene rings is 1. The number of nitrogens with two attached hydrogens (primary N) is 1. The molecule has 0 aliphatic heterocycles. The molecule has 0 saturated carbocycles. The van der Waals surface area contributed by atoms with Gasteiger partial charge in [-0.2, -0.15) is 0 Å². The number of rotatable bonds is 3. The zero-order valence-electron chi connectivity index (χ0n) is 8.12. The fourth-order valence-corrected chi connectivity index (χ4v) is 1.47. The van der Waals surface area contributed by atoms with Crippen LogP contribution in [0.25, 0.3) is 0 Å². The van der Waals surface area contributed by atoms with Crippen LogP contribution in [0.5, 0.6) is 0 Å². The zero-order valence-corrected chi connectivity index (χ0v) is 8.12. The number of hydrazine groups is 1. The highest BCUT2D eigenvalue weighted by Crippen LogP contribution is 2.21. The van der Waals surface area contributed by atoms with Gasteiger partial charge in [0.2, 0.25) is 0 Å². The number of aliphatic hydroxyl groups is 1. The molecule has 3 N–H and O–H groups in total. The second-order valence-electron chi connectivity index (χ2n) is 3.04. The van der Waals surface area contributed by atoms with E-state index in [0.717, 1.165) is 23.2 Å². The van der Waals surface area contributed by atoms with Crippen molar-refractivity contribution >= 4 is 5.69 Å². The first-order valence-corrected chi connectivity index (χ1v) is 4.40. The monoisotopic (exact) mass is 180 g/mol. The van der Waals surface area contributed by atoms with Crippen LogP contribution in [-0.2, 0) is 13.0 Å². The Morgan fingerprint density at radius 3 is 2.62 bits per heavy atom. The molecule has 0 amide bonds. The molecule has 1 aromatic rings. The summed E-state index contributed by atoms with van der Waals surface area (Å²) in [5.74, 6) is 5.64. The summed E-state index contributed by atoms with van der Waals surface area (Å²) in [6.07, 6.45) is 0.914. The molecule has 3 nitrogen and oxygen atoms in total. The lowest BCUT2D eigenvalue weighted by molar-refractivity contribution is 0.281. The average Bonchev–Trinajstić information content (AvgIpc) is 2.16. The maximum atomic E-state index is 9.20. The molecular weight excluding hydrogens is 164 g/mol. The maximum Gasteiger partial charge on any atom is 0.0705 e. The van der Waals surface area contributed by atoms with Crippen LogP contribution >= 0.6 is 0 Å². The number of nitrogens with zero attached hydrogens (tertiary/aromatic N) is 1. The quantitative estimate of drug-likeness (QED) is 0.540. The van der Waals surface area contributed by atoms with Gasteiger partial charge in [0.05, 0.1) is 12.3 Å². The number of aryl methyl sites for hydroxylation is 1. The van der Waals surface area contributed by atoms with Crippen LogP contribution in [0, 0.1) is 0 Å². The molecule has 3 heteroatoms. The van der Waals surface area contributed by atoms with Crippen LogP contribution in [0.1, 0.15) is 18.1 Å². The molecule has 0 atom stereocenters. The third-order valence-electron chi connectivity index (χ3n) is 2.17. The fraction of sp³-hybridized carbons (Fsp3) is 0.400. The molecule has 0 radical (unpaired) electrons. The van der Waals surface area contributed by atoms with Gasteiger partial charge in [-0.1, -0.05) is 19.1 Å². The predicted molar refractivity (Wildman–Crippen MR) is 54.3 cm³/mol. The standard InChI is InChI=1S/C10H16N2O/c1-3-8-5-4-6-10(12(2)11)9(8)7-13/h4-6,13H,3,7,11H2,1-2H3. The molecule has 0 bridgehead atoms. The van der Waals surface area contributed by atoms with E-state index in [4.69, 9.17) is 5.84 Å². The van der Waals surface area contributed by atoms with Crippen molar-refractivity contribution in [1.29, 1.82) is 0 Å². The summed E-state index contributed by atoms with van der Waals surface area (Å²) in [5.41, 5.74) is 2.97. The summed E-state index contributed by atoms with van der Waals surface area (Å²) in [5, 5.41) is 10.7. The van der Waals surface area contributed by atoms with E-state index < -0.39 is 0 Å². The molecule has 0 fully saturated rings. The largest absolute Gasteiger partial charge is 0.392 e. The summed E-state index contributed by atoms with van der Waals surface area (Å²) in [7, 11) is 1.77. The number of hydrogen-bond acceptors (Lipinski definition) is 3. The van der Waals surface area contributed by atoms with Gasteiger partial charge in [-0.15, -0.1) is 0 Å². The molecule has 0 aliphatic carbocycles. The van der Waals surface area contributed by atoms with Gasteiger partial charge in [-0.25, -0.2) is 5.84 Å². The smallest absolute Gasteiger partial charge is 0.0705 e. The summed E-state index contributed by atoms with van der Waals surface area (Å²) in [6, 6.07) is 5.87. The lowest BCUT2D eigenvalue weighted by Crippen LogP contribution is -2.26. The highest BCUT2D eigenvalue weighted by atomic mass is 16.3. The number of anilines is 1. The van der Waals surface area contributed by atoms with Gasteiger partial charge in [0.25, 0.3) is 0 Å². The van der Waals surface area contributed by atoms with Crippen LogP contribution in [0.2, 0.25) is 0 Å². The topological polar surface area (TPSA) is 49.5 Å². The lowest BCUT2D eigenvalue weighted by atomic mass is 10.0. The Bertz CT molecular complexity index is 284. The van der Waals surface area contributed by atoms with Gasteiger partial charge in [0.1, 0.15) is 0 Å². The molecule has 0 heterocycles. The Morgan fingerprint density at radius 2 is 2.15 bits per heavy atom. The normalized spacial score (nSPS) is 10.2. The van der Waals surface area contributed by atoms with Gasteiger partial charge in [-0.05, 0) is 18.1 Å². The molecule has 1 aromatic carbocycles. The second-order valence-corrected chi connectivity index (χ2v) is 3.04. The zero-order chi connectivity index (χ0) is 9.84. The Morgan fingerprint density at radius 1 is 1.46 bits per heavy atom. The minimum Gasteiger partial charge on any atom is -0.392 e. The Balaban J connectivity index is 3.19. The van der Waals surface area contributed by atoms with Gasteiger partial charge in [0.15, 0.2) is 0 Å². The minimum absolute atomic E-state index is 0.0425. The number of hydrogen-bond donors (Lipinski definition) is 2. The van der Waals surface area contributed by atoms with E-state index in [0.29, 0.717) is 0 Å². The molecular formula is C10H16N2O. The van der Waals surface area contributed by atoms with E-state index in [1.807, 2.05) is 18.2 Å². The van der Waals surface area contributed by atoms with E-state index >= 15 is 0 Å². The van der Waals surface area contributed by atoms with Crippen molar-refractivity contribution in [3.8, 4) is 0 Å². The summed E-state index contributed by atoms with van der Waals surface area (Å²) >= 11 is 0. The molecule has 0 unspecified atom stereocenters. The first-order valence-electron chi connectivity index (χ1n) is 4.40. The van der Waals surface area contributed by atoms with E-state index in [1.165, 1.54) is 5.01 Å². The van der Waals surface area contributed by atoms with Crippen molar-refractivity contribution in [3.63, 3.8) is 0 Å². The van der Waals surface area contributed by atoms with E-state index in [2.05, 4.69) is 6.92 Å². The fourth-order valence-electron chi connectivity index (χ4n) is 1.47. The third-order valence-corrected chi connectivity index (χ3v) is 2.17. The summed E-state index contributed by atoms with van der Waals surface area (Å²) in [6.45, 7) is 2.11. The van der Waals surface area contributed by atoms with Crippen LogP contribution < -0.4 is 10.9 Å².